The molecule has 4 nitrogen and oxygen atoms in total. The standard InChI is InChI=1S/C21H17FN2O2/c22-18-10-11-20(23-14-18)24-21(25)12-9-16-7-4-8-19(13-16)26-15-17-5-2-1-3-6-17/h1-14H,15H2,(H,23,24,25)/b12-9+. The number of carbonyl (C=O) groups is 1. The highest BCUT2D eigenvalue weighted by Crippen LogP contribution is 2.16. The van der Waals surface area contributed by atoms with E-state index in [1.165, 1.54) is 18.2 Å². The fraction of sp³-hybridized carbons (Fsp3) is 0.0476. The van der Waals surface area contributed by atoms with Gasteiger partial charge in [-0.15, -0.1) is 0 Å². The molecule has 0 saturated heterocycles. The largest absolute Gasteiger partial charge is 0.489 e. The molecule has 1 N–H and O–H groups in total. The minimum Gasteiger partial charge on any atom is -0.489 e. The molecule has 0 atom stereocenters. The number of hydrogen-bond donors (Lipinski definition) is 1. The topological polar surface area (TPSA) is 51.2 Å². The first-order valence-electron chi connectivity index (χ1n) is 8.06. The van der Waals surface area contributed by atoms with Gasteiger partial charge in [-0.05, 0) is 41.5 Å². The molecule has 5 heteroatoms. The highest BCUT2D eigenvalue weighted by molar-refractivity contribution is 6.01. The number of rotatable bonds is 6. The van der Waals surface area contributed by atoms with E-state index in [0.29, 0.717) is 12.4 Å². The van der Waals surface area contributed by atoms with Crippen LogP contribution in [-0.2, 0) is 11.4 Å². The van der Waals surface area contributed by atoms with Gasteiger partial charge in [0.05, 0.1) is 6.20 Å². The third-order valence-electron chi connectivity index (χ3n) is 3.51. The van der Waals surface area contributed by atoms with Crippen molar-refractivity contribution in [3.05, 3.63) is 95.9 Å². The summed E-state index contributed by atoms with van der Waals surface area (Å²) >= 11 is 0. The van der Waals surface area contributed by atoms with Crippen molar-refractivity contribution < 1.29 is 13.9 Å². The van der Waals surface area contributed by atoms with Crippen molar-refractivity contribution in [2.45, 2.75) is 6.61 Å². The first-order valence-corrected chi connectivity index (χ1v) is 8.06. The molecule has 2 aromatic carbocycles. The lowest BCUT2D eigenvalue weighted by Gasteiger charge is -2.07. The van der Waals surface area contributed by atoms with Crippen molar-refractivity contribution in [1.82, 2.24) is 4.98 Å². The molecular formula is C21H17FN2O2. The number of nitrogens with zero attached hydrogens (tertiary/aromatic N) is 1. The highest BCUT2D eigenvalue weighted by atomic mass is 19.1. The summed E-state index contributed by atoms with van der Waals surface area (Å²) in [4.78, 5) is 15.7. The van der Waals surface area contributed by atoms with Crippen LogP contribution in [0.4, 0.5) is 10.2 Å². The van der Waals surface area contributed by atoms with Crippen molar-refractivity contribution in [2.24, 2.45) is 0 Å². The quantitative estimate of drug-likeness (QED) is 0.670. The Balaban J connectivity index is 1.58. The van der Waals surface area contributed by atoms with Crippen molar-refractivity contribution in [3.63, 3.8) is 0 Å². The van der Waals surface area contributed by atoms with Crippen LogP contribution in [0.15, 0.2) is 79.0 Å². The maximum absolute atomic E-state index is 12.8. The van der Waals surface area contributed by atoms with Gasteiger partial charge in [0, 0.05) is 6.08 Å². The van der Waals surface area contributed by atoms with Crippen LogP contribution < -0.4 is 10.1 Å². The van der Waals surface area contributed by atoms with E-state index < -0.39 is 5.82 Å². The number of amides is 1. The second-order valence-electron chi connectivity index (χ2n) is 5.53. The van der Waals surface area contributed by atoms with Gasteiger partial charge in [-0.1, -0.05) is 42.5 Å². The van der Waals surface area contributed by atoms with Gasteiger partial charge in [-0.3, -0.25) is 4.79 Å². The Bertz CT molecular complexity index is 893. The molecule has 26 heavy (non-hydrogen) atoms. The summed E-state index contributed by atoms with van der Waals surface area (Å²) in [5.41, 5.74) is 1.91. The zero-order valence-corrected chi connectivity index (χ0v) is 13.9. The Hall–Kier alpha value is -3.47. The first-order chi connectivity index (χ1) is 12.7. The van der Waals surface area contributed by atoms with Crippen molar-refractivity contribution in [3.8, 4) is 5.75 Å². The zero-order valence-electron chi connectivity index (χ0n) is 13.9. The number of anilines is 1. The van der Waals surface area contributed by atoms with E-state index in [1.54, 1.807) is 6.08 Å². The third-order valence-corrected chi connectivity index (χ3v) is 3.51. The smallest absolute Gasteiger partial charge is 0.249 e. The predicted octanol–water partition coefficient (Wildman–Crippen LogP) is 4.45. The number of halogens is 1. The lowest BCUT2D eigenvalue weighted by atomic mass is 10.2. The first kappa shape index (κ1) is 17.4. The van der Waals surface area contributed by atoms with Crippen LogP contribution in [0, 0.1) is 5.82 Å². The number of nitrogens with one attached hydrogen (secondary N) is 1. The molecule has 1 amide bonds. The highest BCUT2D eigenvalue weighted by Gasteiger charge is 2.00. The van der Waals surface area contributed by atoms with Crippen molar-refractivity contribution in [1.29, 1.82) is 0 Å². The van der Waals surface area contributed by atoms with E-state index in [-0.39, 0.29) is 5.91 Å². The summed E-state index contributed by atoms with van der Waals surface area (Å²) in [6, 6.07) is 20.0. The lowest BCUT2D eigenvalue weighted by Crippen LogP contribution is -2.09. The van der Waals surface area contributed by atoms with Crippen LogP contribution in [-0.4, -0.2) is 10.9 Å². The Labute approximate surface area is 151 Å². The number of benzene rings is 2. The molecule has 3 aromatic rings. The van der Waals surface area contributed by atoms with Crippen LogP contribution in [0.25, 0.3) is 6.08 Å². The minimum absolute atomic E-state index is 0.293. The number of carbonyl (C=O) groups excluding carboxylic acids is 1. The second-order valence-corrected chi connectivity index (χ2v) is 5.53. The maximum atomic E-state index is 12.8. The summed E-state index contributed by atoms with van der Waals surface area (Å²) < 4.78 is 18.6. The van der Waals surface area contributed by atoms with Crippen molar-refractivity contribution in [2.75, 3.05) is 5.32 Å². The average molecular weight is 348 g/mol. The molecule has 0 aliphatic rings. The Morgan fingerprint density at radius 3 is 2.69 bits per heavy atom. The molecule has 1 heterocycles. The fourth-order valence-corrected chi connectivity index (χ4v) is 2.24. The zero-order chi connectivity index (χ0) is 18.2. The molecule has 0 aliphatic carbocycles. The Morgan fingerprint density at radius 2 is 1.92 bits per heavy atom. The summed E-state index contributed by atoms with van der Waals surface area (Å²) in [6.07, 6.45) is 4.11. The SMILES string of the molecule is O=C(/C=C/c1cccc(OCc2ccccc2)c1)Nc1ccc(F)cn1. The van der Waals surface area contributed by atoms with E-state index >= 15 is 0 Å². The normalized spacial score (nSPS) is 10.7. The lowest BCUT2D eigenvalue weighted by molar-refractivity contribution is -0.111. The fourth-order valence-electron chi connectivity index (χ4n) is 2.24. The molecule has 0 fully saturated rings. The van der Waals surface area contributed by atoms with Gasteiger partial charge in [0.1, 0.15) is 24.0 Å². The van der Waals surface area contributed by atoms with Crippen LogP contribution >= 0.6 is 0 Å². The van der Waals surface area contributed by atoms with Gasteiger partial charge in [-0.25, -0.2) is 9.37 Å². The monoisotopic (exact) mass is 348 g/mol. The van der Waals surface area contributed by atoms with Crippen molar-refractivity contribution >= 4 is 17.8 Å². The van der Waals surface area contributed by atoms with Gasteiger partial charge >= 0.3 is 0 Å². The average Bonchev–Trinajstić information content (AvgIpc) is 2.68. The molecule has 0 radical (unpaired) electrons. The van der Waals surface area contributed by atoms with Gasteiger partial charge in [0.2, 0.25) is 5.91 Å². The second kappa shape index (κ2) is 8.58. The predicted molar refractivity (Wildman–Crippen MR) is 99.1 cm³/mol. The van der Waals surface area contributed by atoms with Gasteiger partial charge in [-0.2, -0.15) is 0 Å². The molecule has 130 valence electrons. The van der Waals surface area contributed by atoms with Gasteiger partial charge in [0.15, 0.2) is 0 Å². The van der Waals surface area contributed by atoms with Crippen LogP contribution in [0.2, 0.25) is 0 Å². The summed E-state index contributed by atoms with van der Waals surface area (Å²) in [6.45, 7) is 0.477. The van der Waals surface area contributed by atoms with Crippen LogP contribution in [0.1, 0.15) is 11.1 Å². The summed E-state index contributed by atoms with van der Waals surface area (Å²) in [5, 5.41) is 2.57. The Kier molecular flexibility index (Phi) is 5.72. The number of pyridine rings is 1. The molecule has 0 spiro atoms. The summed E-state index contributed by atoms with van der Waals surface area (Å²) in [7, 11) is 0. The van der Waals surface area contributed by atoms with Crippen LogP contribution in [0.5, 0.6) is 5.75 Å². The molecule has 0 unspecified atom stereocenters. The molecule has 0 bridgehead atoms. The third kappa shape index (κ3) is 5.27. The van der Waals surface area contributed by atoms with Gasteiger partial charge in [0.25, 0.3) is 0 Å². The maximum Gasteiger partial charge on any atom is 0.249 e. The Morgan fingerprint density at radius 1 is 1.08 bits per heavy atom. The molecule has 0 aliphatic heterocycles. The van der Waals surface area contributed by atoms with E-state index in [1.807, 2.05) is 54.6 Å². The number of ether oxygens (including phenoxy) is 1. The number of aromatic nitrogens is 1. The minimum atomic E-state index is -0.453. The van der Waals surface area contributed by atoms with E-state index in [4.69, 9.17) is 4.74 Å². The summed E-state index contributed by atoms with van der Waals surface area (Å²) in [5.74, 6) is 0.211. The van der Waals surface area contributed by atoms with Gasteiger partial charge < -0.3 is 10.1 Å². The molecule has 0 saturated carbocycles. The van der Waals surface area contributed by atoms with E-state index in [2.05, 4.69) is 10.3 Å². The van der Waals surface area contributed by atoms with E-state index in [0.717, 1.165) is 23.1 Å². The van der Waals surface area contributed by atoms with E-state index in [9.17, 15) is 9.18 Å². The number of hydrogen-bond acceptors (Lipinski definition) is 3. The van der Waals surface area contributed by atoms with Crippen LogP contribution in [0.3, 0.4) is 0 Å². The molecular weight excluding hydrogens is 331 g/mol. The molecule has 1 aromatic heterocycles. The molecule has 3 rings (SSSR count).